The lowest BCUT2D eigenvalue weighted by Gasteiger charge is -2.12. The Morgan fingerprint density at radius 2 is 1.08 bits per heavy atom. The van der Waals surface area contributed by atoms with Crippen LogP contribution < -0.4 is 62.0 Å². The van der Waals surface area contributed by atoms with E-state index in [1.807, 2.05) is 48.5 Å². The molecule has 2 aromatic heterocycles. The summed E-state index contributed by atoms with van der Waals surface area (Å²) in [6, 6.07) is 24.3. The zero-order valence-electron chi connectivity index (χ0n) is 29.5. The average molecular weight is 813 g/mol. The van der Waals surface area contributed by atoms with Gasteiger partial charge in [-0.05, 0) is 86.4 Å². The summed E-state index contributed by atoms with van der Waals surface area (Å²) in [7, 11) is 3.33. The van der Waals surface area contributed by atoms with Gasteiger partial charge in [0.25, 0.3) is 0 Å². The number of pyridine rings is 2. The van der Waals surface area contributed by atoms with Crippen molar-refractivity contribution in [2.75, 3.05) is 27.4 Å². The van der Waals surface area contributed by atoms with Gasteiger partial charge < -0.3 is 52.9 Å². The van der Waals surface area contributed by atoms with E-state index in [2.05, 4.69) is 64.3 Å². The van der Waals surface area contributed by atoms with E-state index in [0.29, 0.717) is 31.8 Å². The minimum atomic E-state index is 0. The number of aryl methyl sites for hydroxylation is 4. The quantitative estimate of drug-likeness (QED) is 0.0647. The smallest absolute Gasteiger partial charge is 0.168 e. The van der Waals surface area contributed by atoms with Crippen LogP contribution in [-0.2, 0) is 30.7 Å². The van der Waals surface area contributed by atoms with Crippen LogP contribution in [0.25, 0.3) is 0 Å². The Balaban J connectivity index is 0.00000433. The average Bonchev–Trinajstić information content (AvgIpc) is 3.13. The first-order chi connectivity index (χ1) is 23.6. The van der Waals surface area contributed by atoms with Gasteiger partial charge in [0.2, 0.25) is 0 Å². The fraction of sp³-hybridized carbons (Fsp3) is 0.390. The summed E-state index contributed by atoms with van der Waals surface area (Å²) in [5, 5.41) is 0. The van der Waals surface area contributed by atoms with Crippen LogP contribution in [0.2, 0.25) is 0 Å². The van der Waals surface area contributed by atoms with Gasteiger partial charge in [-0.15, -0.1) is 0 Å². The van der Waals surface area contributed by atoms with Crippen LogP contribution >= 0.6 is 0 Å². The normalized spacial score (nSPS) is 10.6. The molecule has 0 saturated heterocycles. The standard InChI is InChI=1S/C41H52N2O5.2BrH/c1-45-40-33-35(20-23-38(40)47-31-15-5-13-29-42-25-9-3-10-26-42)17-7-8-18-37(44)22-19-36-21-24-39(41(34-36)46-2)48-32-16-6-14-30-43-27-11-4-12-28-43;;/h3-4,8-12,18,20-21,23-28,33-34H,5-7,13-17,19,22,29-32H2,1-2H3;2*1H/q+2;;/p-2/b18-8+;;. The highest BCUT2D eigenvalue weighted by atomic mass is 79.9. The second-order valence-corrected chi connectivity index (χ2v) is 11.9. The maximum Gasteiger partial charge on any atom is 0.168 e. The number of hydrogen-bond donors (Lipinski definition) is 0. The molecule has 2 aromatic carbocycles. The van der Waals surface area contributed by atoms with E-state index in [1.165, 1.54) is 0 Å². The molecule has 4 rings (SSSR count). The third-order valence-corrected chi connectivity index (χ3v) is 8.21. The summed E-state index contributed by atoms with van der Waals surface area (Å²) < 4.78 is 27.6. The van der Waals surface area contributed by atoms with E-state index in [1.54, 1.807) is 20.3 Å². The number of rotatable bonds is 23. The predicted molar refractivity (Wildman–Crippen MR) is 189 cm³/mol. The maximum atomic E-state index is 12.6. The largest absolute Gasteiger partial charge is 1.00 e. The fourth-order valence-corrected chi connectivity index (χ4v) is 5.47. The summed E-state index contributed by atoms with van der Waals surface area (Å²) in [5.74, 6) is 3.09. The molecule has 50 heavy (non-hydrogen) atoms. The fourth-order valence-electron chi connectivity index (χ4n) is 5.47. The lowest BCUT2D eigenvalue weighted by Crippen LogP contribution is -3.00. The Kier molecular flexibility index (Phi) is 21.5. The Morgan fingerprint density at radius 3 is 1.56 bits per heavy atom. The molecule has 2 heterocycles. The minimum absolute atomic E-state index is 0. The third-order valence-electron chi connectivity index (χ3n) is 8.21. The molecule has 0 saturated carbocycles. The number of ketones is 1. The second-order valence-electron chi connectivity index (χ2n) is 11.9. The van der Waals surface area contributed by atoms with Crippen molar-refractivity contribution in [3.8, 4) is 23.0 Å². The van der Waals surface area contributed by atoms with Crippen molar-refractivity contribution in [1.82, 2.24) is 0 Å². The molecular weight excluding hydrogens is 760 g/mol. The molecule has 270 valence electrons. The number of hydrogen-bond acceptors (Lipinski definition) is 5. The lowest BCUT2D eigenvalue weighted by molar-refractivity contribution is -0.697. The van der Waals surface area contributed by atoms with Gasteiger partial charge in [-0.1, -0.05) is 30.3 Å². The van der Waals surface area contributed by atoms with Crippen LogP contribution in [0.15, 0.2) is 110 Å². The van der Waals surface area contributed by atoms with Gasteiger partial charge in [0.15, 0.2) is 53.6 Å². The van der Waals surface area contributed by atoms with Crippen LogP contribution in [0.5, 0.6) is 23.0 Å². The first-order valence-electron chi connectivity index (χ1n) is 17.3. The molecule has 0 aliphatic heterocycles. The predicted octanol–water partition coefficient (Wildman–Crippen LogP) is 1.48. The van der Waals surface area contributed by atoms with Crippen molar-refractivity contribution in [1.29, 1.82) is 0 Å². The van der Waals surface area contributed by atoms with Gasteiger partial charge >= 0.3 is 0 Å². The Labute approximate surface area is 319 Å². The van der Waals surface area contributed by atoms with Crippen molar-refractivity contribution >= 4 is 5.78 Å². The molecule has 4 aromatic rings. The SMILES string of the molecule is COc1cc(CC/C=C/C(=O)CCc2ccc(OCCCCC[n+]3ccccc3)c(OC)c2)ccc1OCCCCC[n+]1ccccc1.[Br-].[Br-]. The Hall–Kier alpha value is -3.69. The molecule has 0 aliphatic carbocycles. The zero-order chi connectivity index (χ0) is 33.7. The number of aromatic nitrogens is 2. The molecule has 0 bridgehead atoms. The van der Waals surface area contributed by atoms with Crippen LogP contribution in [0.3, 0.4) is 0 Å². The maximum absolute atomic E-state index is 12.6. The molecule has 9 heteroatoms. The van der Waals surface area contributed by atoms with Gasteiger partial charge in [0, 0.05) is 43.5 Å². The summed E-state index contributed by atoms with van der Waals surface area (Å²) in [5.41, 5.74) is 2.21. The molecule has 0 fully saturated rings. The van der Waals surface area contributed by atoms with Crippen molar-refractivity contribution in [3.05, 3.63) is 121 Å². The van der Waals surface area contributed by atoms with Crippen LogP contribution in [0, 0.1) is 0 Å². The van der Waals surface area contributed by atoms with Crippen LogP contribution in [-0.4, -0.2) is 33.2 Å². The zero-order valence-corrected chi connectivity index (χ0v) is 32.7. The highest BCUT2D eigenvalue weighted by Crippen LogP contribution is 2.30. The first-order valence-corrected chi connectivity index (χ1v) is 17.3. The van der Waals surface area contributed by atoms with Crippen molar-refractivity contribution in [2.45, 2.75) is 77.3 Å². The van der Waals surface area contributed by atoms with Crippen molar-refractivity contribution in [3.63, 3.8) is 0 Å². The Morgan fingerprint density at radius 1 is 0.600 bits per heavy atom. The van der Waals surface area contributed by atoms with Gasteiger partial charge in [0.1, 0.15) is 13.1 Å². The number of methoxy groups -OCH3 is 2. The summed E-state index contributed by atoms with van der Waals surface area (Å²) in [6.07, 6.45) is 21.2. The summed E-state index contributed by atoms with van der Waals surface area (Å²) in [4.78, 5) is 12.6. The number of unbranched alkanes of at least 4 members (excludes halogenated alkanes) is 4. The molecule has 0 radical (unpaired) electrons. The number of carbonyl (C=O) groups excluding carboxylic acids is 1. The minimum Gasteiger partial charge on any atom is -1.00 e. The molecule has 7 nitrogen and oxygen atoms in total. The van der Waals surface area contributed by atoms with E-state index < -0.39 is 0 Å². The third kappa shape index (κ3) is 15.9. The summed E-state index contributed by atoms with van der Waals surface area (Å²) in [6.45, 7) is 3.36. The van der Waals surface area contributed by atoms with Gasteiger partial charge in [-0.2, -0.15) is 0 Å². The van der Waals surface area contributed by atoms with Gasteiger partial charge in [-0.25, -0.2) is 9.13 Å². The lowest BCUT2D eigenvalue weighted by atomic mass is 10.1. The number of benzene rings is 2. The van der Waals surface area contributed by atoms with Crippen LogP contribution in [0.1, 0.15) is 62.5 Å². The molecule has 0 spiro atoms. The van der Waals surface area contributed by atoms with Crippen molar-refractivity contribution < 1.29 is 66.8 Å². The topological polar surface area (TPSA) is 61.8 Å². The number of ether oxygens (including phenoxy) is 4. The monoisotopic (exact) mass is 810 g/mol. The van der Waals surface area contributed by atoms with Crippen LogP contribution in [0.4, 0.5) is 0 Å². The van der Waals surface area contributed by atoms with E-state index in [4.69, 9.17) is 18.9 Å². The van der Waals surface area contributed by atoms with Gasteiger partial charge in [0.05, 0.1) is 27.4 Å². The second kappa shape index (κ2) is 25.3. The molecule has 0 N–H and O–H groups in total. The molecule has 0 aliphatic rings. The van der Waals surface area contributed by atoms with Gasteiger partial charge in [-0.3, -0.25) is 4.79 Å². The number of carbonyl (C=O) groups is 1. The van der Waals surface area contributed by atoms with E-state index in [9.17, 15) is 4.79 Å². The molecule has 0 atom stereocenters. The number of halogens is 2. The highest BCUT2D eigenvalue weighted by molar-refractivity contribution is 5.89. The highest BCUT2D eigenvalue weighted by Gasteiger charge is 2.09. The summed E-state index contributed by atoms with van der Waals surface area (Å²) >= 11 is 0. The van der Waals surface area contributed by atoms with E-state index in [0.717, 1.165) is 92.8 Å². The number of nitrogens with zero attached hydrogens (tertiary/aromatic N) is 2. The van der Waals surface area contributed by atoms with Crippen molar-refractivity contribution in [2.24, 2.45) is 0 Å². The Bertz CT molecular complexity index is 1540. The van der Waals surface area contributed by atoms with E-state index in [-0.39, 0.29) is 39.7 Å². The molecular formula is C41H52Br2N2O5. The molecule has 0 amide bonds. The number of allylic oxidation sites excluding steroid dienone is 2. The van der Waals surface area contributed by atoms with E-state index >= 15 is 0 Å². The first kappa shape index (κ1) is 42.5. The molecule has 0 unspecified atom stereocenters.